The molecule has 23 heavy (non-hydrogen) atoms. The maximum absolute atomic E-state index is 12.1. The molecule has 3 saturated carbocycles. The molecule has 0 bridgehead atoms. The third-order valence-corrected chi connectivity index (χ3v) is 8.60. The molecule has 0 aromatic carbocycles. The Hall–Kier alpha value is -0.630. The second-order valence-electron chi connectivity index (χ2n) is 9.45. The van der Waals surface area contributed by atoms with Gasteiger partial charge in [-0.15, -0.1) is 0 Å². The fourth-order valence-corrected chi connectivity index (χ4v) is 7.35. The van der Waals surface area contributed by atoms with Crippen LogP contribution in [0.5, 0.6) is 0 Å². The zero-order chi connectivity index (χ0) is 16.4. The maximum atomic E-state index is 12.1. The van der Waals surface area contributed by atoms with E-state index in [1.54, 1.807) is 6.92 Å². The lowest BCUT2D eigenvalue weighted by atomic mass is 9.44. The first kappa shape index (κ1) is 15.9. The highest BCUT2D eigenvalue weighted by atomic mass is 16.3. The van der Waals surface area contributed by atoms with Crippen molar-refractivity contribution in [1.82, 2.24) is 0 Å². The molecule has 0 radical (unpaired) electrons. The first-order valence-corrected chi connectivity index (χ1v) is 9.76. The minimum atomic E-state index is -0.0593. The van der Waals surface area contributed by atoms with Crippen LogP contribution >= 0.6 is 0 Å². The van der Waals surface area contributed by atoms with Crippen LogP contribution in [-0.4, -0.2) is 17.0 Å². The van der Waals surface area contributed by atoms with Gasteiger partial charge in [-0.2, -0.15) is 0 Å². The molecule has 0 aromatic rings. The van der Waals surface area contributed by atoms with Gasteiger partial charge in [0, 0.05) is 0 Å². The van der Waals surface area contributed by atoms with Gasteiger partial charge in [0.2, 0.25) is 0 Å². The molecule has 4 aliphatic rings. The van der Waals surface area contributed by atoms with Gasteiger partial charge in [0.25, 0.3) is 0 Å². The molecule has 0 heterocycles. The number of carbonyl (C=O) groups excluding carboxylic acids is 1. The molecule has 0 spiro atoms. The minimum absolute atomic E-state index is 0.0593. The van der Waals surface area contributed by atoms with Crippen molar-refractivity contribution >= 4 is 5.78 Å². The number of hydrogen-bond acceptors (Lipinski definition) is 2. The Morgan fingerprint density at radius 1 is 1.13 bits per heavy atom. The fourth-order valence-electron chi connectivity index (χ4n) is 7.35. The van der Waals surface area contributed by atoms with Gasteiger partial charge in [-0.1, -0.05) is 19.9 Å². The predicted molar refractivity (Wildman–Crippen MR) is 91.9 cm³/mol. The molecule has 7 atom stereocenters. The van der Waals surface area contributed by atoms with Gasteiger partial charge in [-0.25, -0.2) is 0 Å². The van der Waals surface area contributed by atoms with Crippen LogP contribution in [0.1, 0.15) is 72.1 Å². The lowest BCUT2D eigenvalue weighted by Crippen LogP contribution is -2.53. The van der Waals surface area contributed by atoms with Crippen molar-refractivity contribution in [2.45, 2.75) is 78.2 Å². The van der Waals surface area contributed by atoms with E-state index < -0.39 is 0 Å². The first-order valence-electron chi connectivity index (χ1n) is 9.76. The number of Topliss-reactive ketones (excluding diaryl/α,β-unsaturated/α-hetero) is 1. The van der Waals surface area contributed by atoms with Crippen LogP contribution in [0.15, 0.2) is 11.6 Å². The summed E-state index contributed by atoms with van der Waals surface area (Å²) >= 11 is 0. The molecule has 128 valence electrons. The van der Waals surface area contributed by atoms with Crippen LogP contribution < -0.4 is 0 Å². The number of ketones is 1. The third-order valence-electron chi connectivity index (χ3n) is 8.60. The summed E-state index contributed by atoms with van der Waals surface area (Å²) in [6.07, 6.45) is 11.6. The number of hydrogen-bond donors (Lipinski definition) is 1. The van der Waals surface area contributed by atoms with Gasteiger partial charge in [-0.3, -0.25) is 4.79 Å². The monoisotopic (exact) mass is 316 g/mol. The molecule has 0 saturated heterocycles. The van der Waals surface area contributed by atoms with Crippen molar-refractivity contribution < 1.29 is 9.90 Å². The normalized spacial score (nSPS) is 52.2. The molecule has 4 aliphatic carbocycles. The molecule has 1 N–H and O–H groups in total. The van der Waals surface area contributed by atoms with Gasteiger partial charge in [0.15, 0.2) is 5.78 Å². The van der Waals surface area contributed by atoms with E-state index in [-0.39, 0.29) is 11.5 Å². The average molecular weight is 316 g/mol. The summed E-state index contributed by atoms with van der Waals surface area (Å²) in [5, 5.41) is 10.1. The zero-order valence-electron chi connectivity index (χ0n) is 15.0. The Morgan fingerprint density at radius 3 is 2.65 bits per heavy atom. The summed E-state index contributed by atoms with van der Waals surface area (Å²) in [6, 6.07) is 0. The molecule has 4 rings (SSSR count). The molecule has 5 unspecified atom stereocenters. The fraction of sp³-hybridized carbons (Fsp3) is 0.857. The van der Waals surface area contributed by atoms with Crippen molar-refractivity contribution in [1.29, 1.82) is 0 Å². The highest BCUT2D eigenvalue weighted by Crippen LogP contribution is 2.66. The number of carbonyl (C=O) groups is 1. The maximum Gasteiger partial charge on any atom is 0.156 e. The van der Waals surface area contributed by atoms with Crippen LogP contribution in [0.25, 0.3) is 0 Å². The molecule has 2 nitrogen and oxygen atoms in total. The molecule has 0 amide bonds. The van der Waals surface area contributed by atoms with E-state index in [2.05, 4.69) is 19.9 Å². The summed E-state index contributed by atoms with van der Waals surface area (Å²) in [5.41, 5.74) is 1.71. The van der Waals surface area contributed by atoms with Crippen molar-refractivity contribution in [3.8, 4) is 0 Å². The lowest BCUT2D eigenvalue weighted by Gasteiger charge is -2.60. The topological polar surface area (TPSA) is 37.3 Å². The smallest absolute Gasteiger partial charge is 0.156 e. The SMILES string of the molecule is CC(=O)C1=CCC2C3CC[C@H]4C[C@H](O)CCC4(C)C3CCC12C. The first-order chi connectivity index (χ1) is 10.9. The number of allylic oxidation sites excluding steroid dienone is 2. The van der Waals surface area contributed by atoms with Gasteiger partial charge < -0.3 is 5.11 Å². The van der Waals surface area contributed by atoms with E-state index in [4.69, 9.17) is 0 Å². The van der Waals surface area contributed by atoms with Gasteiger partial charge in [0.05, 0.1) is 6.10 Å². The Kier molecular flexibility index (Phi) is 3.58. The standard InChI is InChI=1S/C21H32O2/c1-13(22)17-6-7-18-16-5-4-14-12-15(23)8-10-20(14,2)19(16)9-11-21(17,18)3/h6,14-16,18-19,23H,4-5,7-12H2,1-3H3/t14-,15+,16?,18?,19?,20?,21?/m0/s1. The van der Waals surface area contributed by atoms with Crippen LogP contribution in [0, 0.1) is 34.5 Å². The zero-order valence-corrected chi connectivity index (χ0v) is 15.0. The predicted octanol–water partition coefficient (Wildman–Crippen LogP) is 4.52. The quantitative estimate of drug-likeness (QED) is 0.772. The summed E-state index contributed by atoms with van der Waals surface area (Å²) in [5.74, 6) is 3.31. The Balaban J connectivity index is 1.62. The van der Waals surface area contributed by atoms with Crippen molar-refractivity contribution in [2.75, 3.05) is 0 Å². The second kappa shape index (κ2) is 5.18. The van der Waals surface area contributed by atoms with E-state index in [9.17, 15) is 9.90 Å². The van der Waals surface area contributed by atoms with Crippen molar-refractivity contribution in [2.24, 2.45) is 34.5 Å². The highest BCUT2D eigenvalue weighted by Gasteiger charge is 2.58. The van der Waals surface area contributed by atoms with Gasteiger partial charge in [0.1, 0.15) is 0 Å². The minimum Gasteiger partial charge on any atom is -0.393 e. The molecule has 2 heteroatoms. The van der Waals surface area contributed by atoms with E-state index in [0.29, 0.717) is 17.1 Å². The summed E-state index contributed by atoms with van der Waals surface area (Å²) in [4.78, 5) is 12.1. The van der Waals surface area contributed by atoms with E-state index in [1.165, 1.54) is 32.1 Å². The number of aliphatic hydroxyl groups is 1. The molecule has 0 aromatic heterocycles. The van der Waals surface area contributed by atoms with Gasteiger partial charge in [-0.05, 0) is 98.4 Å². The van der Waals surface area contributed by atoms with Crippen LogP contribution in [-0.2, 0) is 4.79 Å². The summed E-state index contributed by atoms with van der Waals surface area (Å²) in [6.45, 7) is 6.65. The Morgan fingerprint density at radius 2 is 1.91 bits per heavy atom. The van der Waals surface area contributed by atoms with Crippen LogP contribution in [0.4, 0.5) is 0 Å². The van der Waals surface area contributed by atoms with E-state index >= 15 is 0 Å². The molecular weight excluding hydrogens is 284 g/mol. The molecule has 0 aliphatic heterocycles. The van der Waals surface area contributed by atoms with E-state index in [1.807, 2.05) is 0 Å². The highest BCUT2D eigenvalue weighted by molar-refractivity contribution is 5.95. The third kappa shape index (κ3) is 2.13. The van der Waals surface area contributed by atoms with Crippen molar-refractivity contribution in [3.05, 3.63) is 11.6 Å². The Labute approximate surface area is 140 Å². The number of aliphatic hydroxyl groups excluding tert-OH is 1. The largest absolute Gasteiger partial charge is 0.393 e. The van der Waals surface area contributed by atoms with Crippen molar-refractivity contribution in [3.63, 3.8) is 0 Å². The number of rotatable bonds is 1. The van der Waals surface area contributed by atoms with Crippen LogP contribution in [0.2, 0.25) is 0 Å². The van der Waals surface area contributed by atoms with E-state index in [0.717, 1.165) is 42.6 Å². The lowest BCUT2D eigenvalue weighted by molar-refractivity contribution is -0.124. The van der Waals surface area contributed by atoms with Crippen LogP contribution in [0.3, 0.4) is 0 Å². The second-order valence-corrected chi connectivity index (χ2v) is 9.45. The summed E-state index contributed by atoms with van der Waals surface area (Å²) < 4.78 is 0. The average Bonchev–Trinajstić information content (AvgIpc) is 2.85. The molecule has 3 fully saturated rings. The number of fused-ring (bicyclic) bond motifs is 5. The molecular formula is C21H32O2. The summed E-state index contributed by atoms with van der Waals surface area (Å²) in [7, 11) is 0. The Bertz CT molecular complexity index is 550. The van der Waals surface area contributed by atoms with Gasteiger partial charge >= 0.3 is 0 Å².